The van der Waals surface area contributed by atoms with Crippen molar-refractivity contribution in [3.63, 3.8) is 0 Å². The van der Waals surface area contributed by atoms with E-state index in [4.69, 9.17) is 4.74 Å². The molecule has 0 aliphatic carbocycles. The normalized spacial score (nSPS) is 14.1. The minimum Gasteiger partial charge on any atom is -0.378 e. The molecule has 1 aliphatic rings. The summed E-state index contributed by atoms with van der Waals surface area (Å²) in [5, 5.41) is 7.31. The van der Waals surface area contributed by atoms with E-state index in [9.17, 15) is 4.79 Å². The third kappa shape index (κ3) is 4.23. The Balaban J connectivity index is 1.52. The molecule has 3 aromatic rings. The lowest BCUT2D eigenvalue weighted by molar-refractivity contribution is 0.102. The van der Waals surface area contributed by atoms with Crippen LogP contribution in [-0.2, 0) is 11.3 Å². The summed E-state index contributed by atoms with van der Waals surface area (Å²) in [5.41, 5.74) is 1.64. The summed E-state index contributed by atoms with van der Waals surface area (Å²) < 4.78 is 8.20. The van der Waals surface area contributed by atoms with E-state index in [1.165, 1.54) is 0 Å². The van der Waals surface area contributed by atoms with E-state index in [1.807, 2.05) is 24.3 Å². The number of amides is 1. The molecule has 144 valence electrons. The van der Waals surface area contributed by atoms with Crippen LogP contribution < -0.4 is 10.2 Å². The minimum atomic E-state index is -0.202. The molecule has 1 fully saturated rings. The first kappa shape index (κ1) is 18.6. The van der Waals surface area contributed by atoms with Crippen molar-refractivity contribution in [2.75, 3.05) is 36.5 Å². The molecular formula is C20H20BrN5O2. The van der Waals surface area contributed by atoms with Gasteiger partial charge in [-0.2, -0.15) is 5.10 Å². The SMILES string of the molecule is O=C(Nc1ccnn1Cc1ccc(Br)cc1)c1cccnc1N1CCOCC1. The van der Waals surface area contributed by atoms with Crippen LogP contribution in [0.2, 0.25) is 0 Å². The number of anilines is 2. The Kier molecular flexibility index (Phi) is 5.68. The maximum Gasteiger partial charge on any atom is 0.260 e. The number of benzene rings is 1. The summed E-state index contributed by atoms with van der Waals surface area (Å²) >= 11 is 3.44. The van der Waals surface area contributed by atoms with Crippen molar-refractivity contribution in [1.82, 2.24) is 14.8 Å². The van der Waals surface area contributed by atoms with Crippen LogP contribution in [-0.4, -0.2) is 47.0 Å². The van der Waals surface area contributed by atoms with Crippen LogP contribution in [0.5, 0.6) is 0 Å². The third-order valence-electron chi connectivity index (χ3n) is 4.55. The molecule has 8 heteroatoms. The van der Waals surface area contributed by atoms with Crippen LogP contribution in [0.15, 0.2) is 59.3 Å². The van der Waals surface area contributed by atoms with E-state index in [2.05, 4.69) is 36.2 Å². The number of morpholine rings is 1. The second-order valence-electron chi connectivity index (χ2n) is 6.43. The molecule has 1 aromatic carbocycles. The Hall–Kier alpha value is -2.71. The van der Waals surface area contributed by atoms with Crippen molar-refractivity contribution >= 4 is 33.5 Å². The number of halogens is 1. The largest absolute Gasteiger partial charge is 0.378 e. The third-order valence-corrected chi connectivity index (χ3v) is 5.07. The summed E-state index contributed by atoms with van der Waals surface area (Å²) in [4.78, 5) is 19.5. The van der Waals surface area contributed by atoms with E-state index < -0.39 is 0 Å². The van der Waals surface area contributed by atoms with Gasteiger partial charge in [0.05, 0.1) is 31.5 Å². The molecule has 3 heterocycles. The van der Waals surface area contributed by atoms with Gasteiger partial charge in [0.25, 0.3) is 5.91 Å². The van der Waals surface area contributed by atoms with Crippen molar-refractivity contribution in [3.05, 3.63) is 70.5 Å². The molecule has 4 rings (SSSR count). The summed E-state index contributed by atoms with van der Waals surface area (Å²) in [6.45, 7) is 3.28. The molecule has 0 bridgehead atoms. The van der Waals surface area contributed by atoms with E-state index in [1.54, 1.807) is 35.3 Å². The Bertz CT molecular complexity index is 951. The summed E-state index contributed by atoms with van der Waals surface area (Å²) in [6, 6.07) is 13.4. The van der Waals surface area contributed by atoms with Crippen molar-refractivity contribution in [2.24, 2.45) is 0 Å². The Morgan fingerprint density at radius 3 is 2.68 bits per heavy atom. The number of pyridine rings is 1. The number of carbonyl (C=O) groups is 1. The molecule has 0 spiro atoms. The summed E-state index contributed by atoms with van der Waals surface area (Å²) in [5.74, 6) is 1.12. The highest BCUT2D eigenvalue weighted by Crippen LogP contribution is 2.20. The fourth-order valence-electron chi connectivity index (χ4n) is 3.11. The van der Waals surface area contributed by atoms with Gasteiger partial charge in [-0.3, -0.25) is 4.79 Å². The number of rotatable bonds is 5. The van der Waals surface area contributed by atoms with Gasteiger partial charge < -0.3 is 15.0 Å². The molecule has 1 N–H and O–H groups in total. The van der Waals surface area contributed by atoms with Crippen LogP contribution in [0.25, 0.3) is 0 Å². The van der Waals surface area contributed by atoms with Crippen molar-refractivity contribution in [2.45, 2.75) is 6.54 Å². The maximum atomic E-state index is 13.0. The van der Waals surface area contributed by atoms with Crippen LogP contribution >= 0.6 is 15.9 Å². The van der Waals surface area contributed by atoms with E-state index in [0.717, 1.165) is 23.1 Å². The predicted octanol–water partition coefficient (Wildman–Crippen LogP) is 3.18. The van der Waals surface area contributed by atoms with E-state index in [-0.39, 0.29) is 5.91 Å². The van der Waals surface area contributed by atoms with Crippen LogP contribution in [0.1, 0.15) is 15.9 Å². The molecule has 1 amide bonds. The number of aromatic nitrogens is 3. The van der Waals surface area contributed by atoms with Crippen molar-refractivity contribution < 1.29 is 9.53 Å². The number of ether oxygens (including phenoxy) is 1. The molecule has 1 aliphatic heterocycles. The van der Waals surface area contributed by atoms with Gasteiger partial charge in [0.15, 0.2) is 0 Å². The molecule has 2 aromatic heterocycles. The highest BCUT2D eigenvalue weighted by atomic mass is 79.9. The lowest BCUT2D eigenvalue weighted by Crippen LogP contribution is -2.38. The van der Waals surface area contributed by atoms with Gasteiger partial charge in [-0.15, -0.1) is 0 Å². The molecule has 7 nitrogen and oxygen atoms in total. The monoisotopic (exact) mass is 441 g/mol. The quantitative estimate of drug-likeness (QED) is 0.657. The second-order valence-corrected chi connectivity index (χ2v) is 7.34. The fraction of sp³-hybridized carbons (Fsp3) is 0.250. The Labute approximate surface area is 171 Å². The number of carbonyl (C=O) groups excluding carboxylic acids is 1. The lowest BCUT2D eigenvalue weighted by Gasteiger charge is -2.29. The highest BCUT2D eigenvalue weighted by Gasteiger charge is 2.20. The van der Waals surface area contributed by atoms with Gasteiger partial charge in [-0.05, 0) is 29.8 Å². The second kappa shape index (κ2) is 8.53. The van der Waals surface area contributed by atoms with Crippen LogP contribution in [0.4, 0.5) is 11.6 Å². The van der Waals surface area contributed by atoms with Gasteiger partial charge in [-0.25, -0.2) is 9.67 Å². The molecule has 0 radical (unpaired) electrons. The molecule has 0 atom stereocenters. The number of hydrogen-bond acceptors (Lipinski definition) is 5. The minimum absolute atomic E-state index is 0.202. The van der Waals surface area contributed by atoms with E-state index in [0.29, 0.717) is 37.0 Å². The highest BCUT2D eigenvalue weighted by molar-refractivity contribution is 9.10. The first-order chi connectivity index (χ1) is 13.7. The molecular weight excluding hydrogens is 422 g/mol. The summed E-state index contributed by atoms with van der Waals surface area (Å²) in [7, 11) is 0. The molecule has 0 unspecified atom stereocenters. The van der Waals surface area contributed by atoms with Crippen LogP contribution in [0.3, 0.4) is 0 Å². The van der Waals surface area contributed by atoms with Gasteiger partial charge >= 0.3 is 0 Å². The Morgan fingerprint density at radius 2 is 1.89 bits per heavy atom. The summed E-state index contributed by atoms with van der Waals surface area (Å²) in [6.07, 6.45) is 3.39. The lowest BCUT2D eigenvalue weighted by atomic mass is 10.2. The van der Waals surface area contributed by atoms with Gasteiger partial charge in [0, 0.05) is 29.8 Å². The standard InChI is InChI=1S/C20H20BrN5O2/c21-16-5-3-15(4-6-16)14-26-18(7-9-23-26)24-20(27)17-2-1-8-22-19(17)25-10-12-28-13-11-25/h1-9H,10-14H2,(H,24,27). The fourth-order valence-corrected chi connectivity index (χ4v) is 3.38. The van der Waals surface area contributed by atoms with Gasteiger partial charge in [0.2, 0.25) is 0 Å². The number of nitrogens with zero attached hydrogens (tertiary/aromatic N) is 4. The van der Waals surface area contributed by atoms with Crippen molar-refractivity contribution in [3.8, 4) is 0 Å². The zero-order chi connectivity index (χ0) is 19.3. The zero-order valence-electron chi connectivity index (χ0n) is 15.2. The maximum absolute atomic E-state index is 13.0. The Morgan fingerprint density at radius 1 is 1.11 bits per heavy atom. The average Bonchev–Trinajstić information content (AvgIpc) is 3.17. The van der Waals surface area contributed by atoms with Gasteiger partial charge in [-0.1, -0.05) is 28.1 Å². The topological polar surface area (TPSA) is 72.3 Å². The average molecular weight is 442 g/mol. The molecule has 1 saturated heterocycles. The first-order valence-corrected chi connectivity index (χ1v) is 9.85. The number of nitrogens with one attached hydrogen (secondary N) is 1. The molecule has 28 heavy (non-hydrogen) atoms. The first-order valence-electron chi connectivity index (χ1n) is 9.06. The zero-order valence-corrected chi connectivity index (χ0v) is 16.8. The van der Waals surface area contributed by atoms with Gasteiger partial charge in [0.1, 0.15) is 11.6 Å². The number of hydrogen-bond donors (Lipinski definition) is 1. The van der Waals surface area contributed by atoms with E-state index >= 15 is 0 Å². The smallest absolute Gasteiger partial charge is 0.260 e. The molecule has 0 saturated carbocycles. The van der Waals surface area contributed by atoms with Crippen molar-refractivity contribution in [1.29, 1.82) is 0 Å². The van der Waals surface area contributed by atoms with Crippen LogP contribution in [0, 0.1) is 0 Å². The predicted molar refractivity (Wildman–Crippen MR) is 111 cm³/mol.